The molecule has 1 N–H and O–H groups in total. The molecule has 0 bridgehead atoms. The van der Waals surface area contributed by atoms with Crippen molar-refractivity contribution in [3.8, 4) is 5.75 Å². The second-order valence-electron chi connectivity index (χ2n) is 5.78. The van der Waals surface area contributed by atoms with E-state index in [4.69, 9.17) is 25.8 Å². The van der Waals surface area contributed by atoms with Gasteiger partial charge in [-0.1, -0.05) is 48.0 Å². The molecule has 7 heteroatoms. The Morgan fingerprint density at radius 2 is 1.78 bits per heavy atom. The van der Waals surface area contributed by atoms with Gasteiger partial charge in [-0.15, -0.1) is 0 Å². The molecule has 27 heavy (non-hydrogen) atoms. The molecule has 0 spiro atoms. The van der Waals surface area contributed by atoms with E-state index in [-0.39, 0.29) is 6.42 Å². The Hall–Kier alpha value is -2.57. The standard InChI is InChI=1S/C20H22ClNO5/c1-25-17-10-9-13(11-15(17)21)12-16(20(24)27-3)22-19(23)18(26-2)14-7-5-4-6-8-14/h4-11,16,18H,12H2,1-3H3,(H,22,23)/t16-,18-/m0/s1. The largest absolute Gasteiger partial charge is 0.495 e. The van der Waals surface area contributed by atoms with Crippen LogP contribution in [0.15, 0.2) is 48.5 Å². The highest BCUT2D eigenvalue weighted by Crippen LogP contribution is 2.25. The Kier molecular flexibility index (Phi) is 7.64. The van der Waals surface area contributed by atoms with Gasteiger partial charge in [-0.05, 0) is 23.3 Å². The van der Waals surface area contributed by atoms with Gasteiger partial charge in [0.2, 0.25) is 0 Å². The van der Waals surface area contributed by atoms with Gasteiger partial charge in [0, 0.05) is 13.5 Å². The van der Waals surface area contributed by atoms with Gasteiger partial charge in [0.25, 0.3) is 5.91 Å². The minimum Gasteiger partial charge on any atom is -0.495 e. The van der Waals surface area contributed by atoms with Crippen molar-refractivity contribution in [2.75, 3.05) is 21.3 Å². The first kappa shape index (κ1) is 20.7. The SMILES string of the molecule is COC(=O)[C@H](Cc1ccc(OC)c(Cl)c1)NC(=O)[C@@H](OC)c1ccccc1. The lowest BCUT2D eigenvalue weighted by atomic mass is 10.0. The second kappa shape index (κ2) is 9.94. The number of ether oxygens (including phenoxy) is 3. The lowest BCUT2D eigenvalue weighted by Crippen LogP contribution is -2.45. The Bertz CT molecular complexity index is 781. The van der Waals surface area contributed by atoms with Crippen LogP contribution in [-0.2, 0) is 25.5 Å². The number of rotatable bonds is 8. The normalized spacial score (nSPS) is 12.7. The maximum Gasteiger partial charge on any atom is 0.328 e. The van der Waals surface area contributed by atoms with Crippen LogP contribution in [0.25, 0.3) is 0 Å². The van der Waals surface area contributed by atoms with E-state index in [1.165, 1.54) is 21.3 Å². The van der Waals surface area contributed by atoms with E-state index in [0.717, 1.165) is 5.56 Å². The molecule has 2 rings (SSSR count). The molecule has 144 valence electrons. The zero-order chi connectivity index (χ0) is 19.8. The molecule has 2 aromatic carbocycles. The number of halogens is 1. The summed E-state index contributed by atoms with van der Waals surface area (Å²) in [7, 11) is 4.23. The number of nitrogens with one attached hydrogen (secondary N) is 1. The first-order valence-corrected chi connectivity index (χ1v) is 8.66. The summed E-state index contributed by atoms with van der Waals surface area (Å²) in [5.74, 6) is -0.459. The van der Waals surface area contributed by atoms with Crippen LogP contribution >= 0.6 is 11.6 Å². The van der Waals surface area contributed by atoms with Crippen molar-refractivity contribution in [3.05, 3.63) is 64.7 Å². The van der Waals surface area contributed by atoms with Crippen molar-refractivity contribution in [1.82, 2.24) is 5.32 Å². The summed E-state index contributed by atoms with van der Waals surface area (Å²) in [6, 6.07) is 13.3. The summed E-state index contributed by atoms with van der Waals surface area (Å²) in [4.78, 5) is 24.8. The number of benzene rings is 2. The zero-order valence-electron chi connectivity index (χ0n) is 15.4. The fourth-order valence-corrected chi connectivity index (χ4v) is 2.96. The van der Waals surface area contributed by atoms with E-state index in [1.807, 2.05) is 18.2 Å². The number of methoxy groups -OCH3 is 3. The van der Waals surface area contributed by atoms with Crippen LogP contribution in [0, 0.1) is 0 Å². The van der Waals surface area contributed by atoms with E-state index < -0.39 is 24.0 Å². The smallest absolute Gasteiger partial charge is 0.328 e. The molecular weight excluding hydrogens is 370 g/mol. The van der Waals surface area contributed by atoms with E-state index in [0.29, 0.717) is 16.3 Å². The predicted molar refractivity (Wildman–Crippen MR) is 102 cm³/mol. The molecule has 2 aromatic rings. The average Bonchev–Trinajstić information content (AvgIpc) is 2.68. The molecule has 0 unspecified atom stereocenters. The number of carbonyl (C=O) groups is 2. The third-order valence-corrected chi connectivity index (χ3v) is 4.33. The summed E-state index contributed by atoms with van der Waals surface area (Å²) >= 11 is 6.14. The maximum atomic E-state index is 12.7. The fourth-order valence-electron chi connectivity index (χ4n) is 2.68. The van der Waals surface area contributed by atoms with Crippen molar-refractivity contribution in [2.45, 2.75) is 18.6 Å². The van der Waals surface area contributed by atoms with Crippen molar-refractivity contribution in [1.29, 1.82) is 0 Å². The molecule has 0 saturated heterocycles. The highest BCUT2D eigenvalue weighted by atomic mass is 35.5. The van der Waals surface area contributed by atoms with Gasteiger partial charge in [-0.2, -0.15) is 0 Å². The number of hydrogen-bond donors (Lipinski definition) is 1. The summed E-state index contributed by atoms with van der Waals surface area (Å²) in [6.07, 6.45) is -0.620. The zero-order valence-corrected chi connectivity index (χ0v) is 16.2. The van der Waals surface area contributed by atoms with Crippen LogP contribution in [-0.4, -0.2) is 39.2 Å². The summed E-state index contributed by atoms with van der Waals surface area (Å²) in [5, 5.41) is 3.12. The Labute approximate surface area is 163 Å². The first-order valence-electron chi connectivity index (χ1n) is 8.28. The quantitative estimate of drug-likeness (QED) is 0.700. The third kappa shape index (κ3) is 5.45. The number of carbonyl (C=O) groups excluding carboxylic acids is 2. The van der Waals surface area contributed by atoms with Gasteiger partial charge >= 0.3 is 5.97 Å². The summed E-state index contributed by atoms with van der Waals surface area (Å²) in [5.41, 5.74) is 1.44. The van der Waals surface area contributed by atoms with Gasteiger partial charge in [-0.25, -0.2) is 4.79 Å². The molecule has 0 radical (unpaired) electrons. The molecular formula is C20H22ClNO5. The highest BCUT2D eigenvalue weighted by molar-refractivity contribution is 6.32. The molecule has 1 amide bonds. The fraction of sp³-hybridized carbons (Fsp3) is 0.300. The molecule has 6 nitrogen and oxygen atoms in total. The maximum absolute atomic E-state index is 12.7. The molecule has 0 saturated carbocycles. The van der Waals surface area contributed by atoms with Crippen LogP contribution < -0.4 is 10.1 Å². The van der Waals surface area contributed by atoms with Crippen molar-refractivity contribution in [2.24, 2.45) is 0 Å². The molecule has 2 atom stereocenters. The Balaban J connectivity index is 2.17. The molecule has 0 aliphatic rings. The van der Waals surface area contributed by atoms with Crippen molar-refractivity contribution >= 4 is 23.5 Å². The molecule has 0 aliphatic heterocycles. The van der Waals surface area contributed by atoms with E-state index in [9.17, 15) is 9.59 Å². The lowest BCUT2D eigenvalue weighted by molar-refractivity contribution is -0.146. The van der Waals surface area contributed by atoms with Gasteiger partial charge < -0.3 is 19.5 Å². The number of esters is 1. The van der Waals surface area contributed by atoms with E-state index in [1.54, 1.807) is 30.3 Å². The molecule has 0 aliphatic carbocycles. The monoisotopic (exact) mass is 391 g/mol. The van der Waals surface area contributed by atoms with Crippen LogP contribution in [0.1, 0.15) is 17.2 Å². The van der Waals surface area contributed by atoms with E-state index in [2.05, 4.69) is 5.32 Å². The van der Waals surface area contributed by atoms with Crippen molar-refractivity contribution < 1.29 is 23.8 Å². The lowest BCUT2D eigenvalue weighted by Gasteiger charge is -2.21. The minimum atomic E-state index is -0.881. The molecule has 0 fully saturated rings. The van der Waals surface area contributed by atoms with Crippen molar-refractivity contribution in [3.63, 3.8) is 0 Å². The Morgan fingerprint density at radius 3 is 2.33 bits per heavy atom. The average molecular weight is 392 g/mol. The first-order chi connectivity index (χ1) is 13.0. The van der Waals surface area contributed by atoms with Gasteiger partial charge in [0.15, 0.2) is 6.10 Å². The van der Waals surface area contributed by atoms with Gasteiger partial charge in [0.1, 0.15) is 11.8 Å². The molecule has 0 aromatic heterocycles. The Morgan fingerprint density at radius 1 is 1.07 bits per heavy atom. The van der Waals surface area contributed by atoms with Crippen LogP contribution in [0.3, 0.4) is 0 Å². The van der Waals surface area contributed by atoms with Gasteiger partial charge in [0.05, 0.1) is 19.2 Å². The van der Waals surface area contributed by atoms with Gasteiger partial charge in [-0.3, -0.25) is 4.79 Å². The van der Waals surface area contributed by atoms with Crippen LogP contribution in [0.5, 0.6) is 5.75 Å². The molecule has 0 heterocycles. The topological polar surface area (TPSA) is 73.9 Å². The summed E-state index contributed by atoms with van der Waals surface area (Å²) in [6.45, 7) is 0. The predicted octanol–water partition coefficient (Wildman–Crippen LogP) is 2.94. The number of hydrogen-bond acceptors (Lipinski definition) is 5. The second-order valence-corrected chi connectivity index (χ2v) is 6.19. The third-order valence-electron chi connectivity index (χ3n) is 4.03. The minimum absolute atomic E-state index is 0.216. The highest BCUT2D eigenvalue weighted by Gasteiger charge is 2.27. The van der Waals surface area contributed by atoms with E-state index >= 15 is 0 Å². The van der Waals surface area contributed by atoms with Crippen LogP contribution in [0.2, 0.25) is 5.02 Å². The van der Waals surface area contributed by atoms with Crippen LogP contribution in [0.4, 0.5) is 0 Å². The number of amides is 1. The summed E-state index contributed by atoms with van der Waals surface area (Å²) < 4.78 is 15.3.